The summed E-state index contributed by atoms with van der Waals surface area (Å²) in [5, 5.41) is 0. The molecule has 0 fully saturated rings. The molecule has 40 heavy (non-hydrogen) atoms. The molecule has 2 aliphatic rings. The van der Waals surface area contributed by atoms with Gasteiger partial charge in [0, 0.05) is 22.1 Å². The number of anilines is 3. The van der Waals surface area contributed by atoms with Gasteiger partial charge in [-0.15, -0.1) is 0 Å². The summed E-state index contributed by atoms with van der Waals surface area (Å²) in [6.07, 6.45) is 0. The van der Waals surface area contributed by atoms with Crippen LogP contribution in [0.3, 0.4) is 0 Å². The molecule has 194 valence electrons. The third-order valence-corrected chi connectivity index (χ3v) is 9.19. The fourth-order valence-corrected chi connectivity index (χ4v) is 7.11. The molecule has 5 aromatic carbocycles. The summed E-state index contributed by atoms with van der Waals surface area (Å²) in [4.78, 5) is 7.61. The number of nitrogens with zero attached hydrogens (tertiary/aromatic N) is 3. The summed E-state index contributed by atoms with van der Waals surface area (Å²) < 4.78 is 2.37. The molecule has 0 aliphatic carbocycles. The highest BCUT2D eigenvalue weighted by molar-refractivity contribution is 5.91. The van der Waals surface area contributed by atoms with E-state index < -0.39 is 0 Å². The molecule has 2 aliphatic heterocycles. The Morgan fingerprint density at radius 2 is 1.00 bits per heavy atom. The van der Waals surface area contributed by atoms with Gasteiger partial charge in [-0.25, -0.2) is 4.98 Å². The first kappa shape index (κ1) is 23.3. The van der Waals surface area contributed by atoms with Gasteiger partial charge in [0.05, 0.1) is 28.1 Å². The highest BCUT2D eigenvalue weighted by atomic mass is 15.2. The number of aromatic nitrogens is 2. The van der Waals surface area contributed by atoms with E-state index in [2.05, 4.69) is 152 Å². The van der Waals surface area contributed by atoms with Crippen molar-refractivity contribution in [3.05, 3.63) is 138 Å². The maximum atomic E-state index is 5.20. The van der Waals surface area contributed by atoms with Gasteiger partial charge in [0.15, 0.2) is 0 Å². The van der Waals surface area contributed by atoms with Crippen LogP contribution < -0.4 is 4.90 Å². The molecule has 3 heterocycles. The van der Waals surface area contributed by atoms with E-state index in [0.717, 1.165) is 22.6 Å². The molecule has 0 spiro atoms. The number of para-hydroxylation sites is 4. The van der Waals surface area contributed by atoms with E-state index in [0.29, 0.717) is 0 Å². The zero-order chi connectivity index (χ0) is 27.2. The molecule has 0 bridgehead atoms. The highest BCUT2D eigenvalue weighted by Gasteiger charge is 2.37. The van der Waals surface area contributed by atoms with Crippen molar-refractivity contribution in [2.24, 2.45) is 0 Å². The zero-order valence-corrected chi connectivity index (χ0v) is 23.3. The van der Waals surface area contributed by atoms with Crippen molar-refractivity contribution in [2.75, 3.05) is 4.90 Å². The van der Waals surface area contributed by atoms with Gasteiger partial charge in [-0.05, 0) is 70.8 Å². The minimum atomic E-state index is -0.0872. The summed E-state index contributed by atoms with van der Waals surface area (Å²) in [6, 6.07) is 41.9. The first-order chi connectivity index (χ1) is 19.4. The lowest BCUT2D eigenvalue weighted by Crippen LogP contribution is -2.30. The minimum absolute atomic E-state index is 0.0683. The molecule has 1 aromatic heterocycles. The number of benzene rings is 5. The van der Waals surface area contributed by atoms with Gasteiger partial charge in [0.1, 0.15) is 5.82 Å². The van der Waals surface area contributed by atoms with Crippen LogP contribution in [-0.4, -0.2) is 9.55 Å². The van der Waals surface area contributed by atoms with Gasteiger partial charge in [0.25, 0.3) is 0 Å². The van der Waals surface area contributed by atoms with Crippen LogP contribution in [0.2, 0.25) is 0 Å². The van der Waals surface area contributed by atoms with E-state index >= 15 is 0 Å². The summed E-state index contributed by atoms with van der Waals surface area (Å²) in [5.74, 6) is 0.984. The Kier molecular flexibility index (Phi) is 4.63. The maximum absolute atomic E-state index is 5.20. The lowest BCUT2D eigenvalue weighted by Gasteiger charge is -2.42. The van der Waals surface area contributed by atoms with Gasteiger partial charge in [0.2, 0.25) is 0 Å². The monoisotopic (exact) mass is 517 g/mol. The fourth-order valence-electron chi connectivity index (χ4n) is 7.11. The second kappa shape index (κ2) is 7.95. The molecule has 0 saturated carbocycles. The van der Waals surface area contributed by atoms with E-state index in [1.807, 2.05) is 0 Å². The third-order valence-electron chi connectivity index (χ3n) is 9.19. The number of hydrogen-bond acceptors (Lipinski definition) is 2. The average molecular weight is 518 g/mol. The predicted molar refractivity (Wildman–Crippen MR) is 165 cm³/mol. The Bertz CT molecular complexity index is 1910. The quantitative estimate of drug-likeness (QED) is 0.228. The highest BCUT2D eigenvalue weighted by Crippen LogP contribution is 2.52. The first-order valence-electron chi connectivity index (χ1n) is 14.1. The molecule has 0 unspecified atom stereocenters. The van der Waals surface area contributed by atoms with E-state index in [1.165, 1.54) is 44.8 Å². The van der Waals surface area contributed by atoms with Crippen molar-refractivity contribution in [2.45, 2.75) is 38.5 Å². The Morgan fingerprint density at radius 1 is 0.500 bits per heavy atom. The van der Waals surface area contributed by atoms with Crippen molar-refractivity contribution in [1.82, 2.24) is 9.55 Å². The molecule has 3 nitrogen and oxygen atoms in total. The Morgan fingerprint density at radius 3 is 1.62 bits per heavy atom. The molecule has 0 saturated heterocycles. The van der Waals surface area contributed by atoms with Crippen molar-refractivity contribution in [3.8, 4) is 17.1 Å². The van der Waals surface area contributed by atoms with Crippen molar-refractivity contribution in [3.63, 3.8) is 0 Å². The normalized spacial score (nSPS) is 15.8. The molecule has 0 atom stereocenters. The fraction of sp³-hybridized carbons (Fsp3) is 0.162. The minimum Gasteiger partial charge on any atom is -0.310 e. The van der Waals surface area contributed by atoms with Crippen LogP contribution in [0.15, 0.2) is 115 Å². The van der Waals surface area contributed by atoms with Crippen LogP contribution in [0.4, 0.5) is 17.1 Å². The van der Waals surface area contributed by atoms with Crippen LogP contribution >= 0.6 is 0 Å². The summed E-state index contributed by atoms with van der Waals surface area (Å²) in [6.45, 7) is 9.29. The lowest BCUT2D eigenvalue weighted by atomic mass is 9.73. The van der Waals surface area contributed by atoms with Crippen molar-refractivity contribution >= 4 is 28.1 Å². The lowest BCUT2D eigenvalue weighted by molar-refractivity contribution is 0.629. The van der Waals surface area contributed by atoms with Crippen molar-refractivity contribution < 1.29 is 0 Å². The zero-order valence-electron chi connectivity index (χ0n) is 23.3. The number of rotatable bonds is 2. The number of imidazole rings is 1. The number of hydrogen-bond donors (Lipinski definition) is 0. The van der Waals surface area contributed by atoms with Crippen LogP contribution in [0.25, 0.3) is 28.1 Å². The first-order valence-corrected chi connectivity index (χ1v) is 14.1. The summed E-state index contributed by atoms with van der Waals surface area (Å²) in [5.41, 5.74) is 13.4. The molecule has 6 aromatic rings. The van der Waals surface area contributed by atoms with Gasteiger partial charge in [-0.1, -0.05) is 94.4 Å². The van der Waals surface area contributed by atoms with Crippen LogP contribution in [0, 0.1) is 0 Å². The molecular formula is C37H31N3. The topological polar surface area (TPSA) is 21.1 Å². The maximum Gasteiger partial charge on any atom is 0.145 e. The predicted octanol–water partition coefficient (Wildman–Crippen LogP) is 9.44. The van der Waals surface area contributed by atoms with Crippen molar-refractivity contribution in [1.29, 1.82) is 0 Å². The Balaban J connectivity index is 1.31. The Labute approximate surface area is 235 Å². The molecule has 0 amide bonds. The average Bonchev–Trinajstić information content (AvgIpc) is 3.37. The number of fused-ring (bicyclic) bond motifs is 4. The van der Waals surface area contributed by atoms with Crippen LogP contribution in [0.5, 0.6) is 0 Å². The summed E-state index contributed by atoms with van der Waals surface area (Å²) >= 11 is 0. The molecule has 0 radical (unpaired) electrons. The summed E-state index contributed by atoms with van der Waals surface area (Å²) in [7, 11) is 0. The van der Waals surface area contributed by atoms with E-state index in [4.69, 9.17) is 4.98 Å². The second-order valence-electron chi connectivity index (χ2n) is 12.1. The van der Waals surface area contributed by atoms with E-state index in [1.54, 1.807) is 0 Å². The second-order valence-corrected chi connectivity index (χ2v) is 12.1. The van der Waals surface area contributed by atoms with Gasteiger partial charge in [-0.2, -0.15) is 0 Å². The van der Waals surface area contributed by atoms with Crippen LogP contribution in [-0.2, 0) is 10.8 Å². The standard InChI is InChI=1S/C37H31N3/c1-36(2)26-12-5-8-17-31(26)39(32-18-9-6-13-27(32)36)25-22-20-24(21-23-25)35-38-30-16-11-15-29-34(30)40(35)33-19-10-7-14-28(33)37(29,3)4/h5-23H,1-4H3. The third kappa shape index (κ3) is 2.98. The van der Waals surface area contributed by atoms with Gasteiger partial charge >= 0.3 is 0 Å². The van der Waals surface area contributed by atoms with E-state index in [-0.39, 0.29) is 10.8 Å². The van der Waals surface area contributed by atoms with Gasteiger partial charge < -0.3 is 4.90 Å². The molecule has 8 rings (SSSR count). The largest absolute Gasteiger partial charge is 0.310 e. The molecular weight excluding hydrogens is 486 g/mol. The van der Waals surface area contributed by atoms with Gasteiger partial charge in [-0.3, -0.25) is 4.57 Å². The smallest absolute Gasteiger partial charge is 0.145 e. The van der Waals surface area contributed by atoms with E-state index in [9.17, 15) is 0 Å². The molecule has 3 heteroatoms. The molecule has 0 N–H and O–H groups in total. The Hall–Kier alpha value is -4.63. The van der Waals surface area contributed by atoms with Crippen LogP contribution in [0.1, 0.15) is 49.9 Å². The SMILES string of the molecule is CC1(C)c2ccccc2N(c2ccc(-c3nc4cccc5c4n3-c3ccccc3C5(C)C)cc2)c2ccccc21.